The Morgan fingerprint density at radius 2 is 1.43 bits per heavy atom. The van der Waals surface area contributed by atoms with Crippen molar-refractivity contribution in [3.63, 3.8) is 0 Å². The van der Waals surface area contributed by atoms with Gasteiger partial charge >= 0.3 is 0 Å². The summed E-state index contributed by atoms with van der Waals surface area (Å²) in [5, 5.41) is 10.2. The van der Waals surface area contributed by atoms with E-state index in [2.05, 4.69) is 0 Å². The van der Waals surface area contributed by atoms with Gasteiger partial charge in [-0.05, 0) is 42.9 Å². The predicted molar refractivity (Wildman–Crippen MR) is 56.9 cm³/mol. The number of aliphatic hydroxyl groups is 1. The molecule has 4 atom stereocenters. The van der Waals surface area contributed by atoms with Crippen molar-refractivity contribution in [3.8, 4) is 0 Å². The molecule has 0 radical (unpaired) electrons. The summed E-state index contributed by atoms with van der Waals surface area (Å²) in [4.78, 5) is 0. The average Bonchev–Trinajstić information content (AvgIpc) is 2.79. The Labute approximate surface area is 86.9 Å². The van der Waals surface area contributed by atoms with Gasteiger partial charge in [0, 0.05) is 0 Å². The van der Waals surface area contributed by atoms with Crippen LogP contribution in [0.4, 0.5) is 0 Å². The molecule has 1 N–H and O–H groups in total. The molecule has 0 aliphatic heterocycles. The first-order valence-corrected chi connectivity index (χ1v) is 6.54. The smallest absolute Gasteiger partial charge is 0.0601 e. The summed E-state index contributed by atoms with van der Waals surface area (Å²) in [6.07, 6.45) is 11.3. The molecule has 0 aromatic carbocycles. The van der Waals surface area contributed by atoms with Gasteiger partial charge in [0.2, 0.25) is 0 Å². The van der Waals surface area contributed by atoms with Crippen LogP contribution in [0.5, 0.6) is 0 Å². The number of hydrogen-bond acceptors (Lipinski definition) is 1. The van der Waals surface area contributed by atoms with Crippen molar-refractivity contribution in [2.75, 3.05) is 0 Å². The van der Waals surface area contributed by atoms with Gasteiger partial charge in [-0.25, -0.2) is 0 Å². The van der Waals surface area contributed by atoms with E-state index in [1.165, 1.54) is 51.4 Å². The van der Waals surface area contributed by atoms with E-state index < -0.39 is 0 Å². The lowest BCUT2D eigenvalue weighted by Gasteiger charge is -2.36. The standard InChI is InChI=1S/C13H22O/c14-13-11-7-6-10(8-11)12(13)9-4-2-1-3-5-9/h9-14H,1-8H2/t10-,11+,12+,13-/m1/s1. The summed E-state index contributed by atoms with van der Waals surface area (Å²) in [5.41, 5.74) is 0. The second-order valence-corrected chi connectivity index (χ2v) is 5.80. The number of fused-ring (bicyclic) bond motifs is 2. The van der Waals surface area contributed by atoms with Crippen LogP contribution in [0.15, 0.2) is 0 Å². The Kier molecular flexibility index (Phi) is 2.31. The lowest BCUT2D eigenvalue weighted by Crippen LogP contribution is -2.34. The van der Waals surface area contributed by atoms with Crippen LogP contribution in [-0.2, 0) is 0 Å². The number of rotatable bonds is 1. The fraction of sp³-hybridized carbons (Fsp3) is 1.00. The largest absolute Gasteiger partial charge is 0.393 e. The van der Waals surface area contributed by atoms with Crippen LogP contribution in [0.3, 0.4) is 0 Å². The van der Waals surface area contributed by atoms with E-state index in [0.717, 1.165) is 11.8 Å². The van der Waals surface area contributed by atoms with Gasteiger partial charge in [0.1, 0.15) is 0 Å². The van der Waals surface area contributed by atoms with E-state index in [1.54, 1.807) is 0 Å². The molecule has 1 heteroatoms. The van der Waals surface area contributed by atoms with Gasteiger partial charge in [0.25, 0.3) is 0 Å². The van der Waals surface area contributed by atoms with Crippen molar-refractivity contribution in [1.29, 1.82) is 0 Å². The highest BCUT2D eigenvalue weighted by Crippen LogP contribution is 2.53. The Morgan fingerprint density at radius 3 is 2.07 bits per heavy atom. The van der Waals surface area contributed by atoms with Crippen molar-refractivity contribution in [2.45, 2.75) is 57.5 Å². The molecule has 3 aliphatic carbocycles. The van der Waals surface area contributed by atoms with Crippen LogP contribution in [0.1, 0.15) is 51.4 Å². The van der Waals surface area contributed by atoms with Crippen LogP contribution >= 0.6 is 0 Å². The van der Waals surface area contributed by atoms with E-state index >= 15 is 0 Å². The summed E-state index contributed by atoms with van der Waals surface area (Å²) in [6, 6.07) is 0. The van der Waals surface area contributed by atoms with Gasteiger partial charge in [-0.2, -0.15) is 0 Å². The fourth-order valence-corrected chi connectivity index (χ4v) is 4.49. The lowest BCUT2D eigenvalue weighted by atomic mass is 9.71. The normalized spacial score (nSPS) is 48.6. The highest BCUT2D eigenvalue weighted by Gasteiger charge is 2.49. The molecule has 2 bridgehead atoms. The second-order valence-electron chi connectivity index (χ2n) is 5.80. The summed E-state index contributed by atoms with van der Waals surface area (Å²) in [5.74, 6) is 3.17. The van der Waals surface area contributed by atoms with Crippen LogP contribution in [0.25, 0.3) is 0 Å². The minimum absolute atomic E-state index is 0.0804. The molecule has 14 heavy (non-hydrogen) atoms. The lowest BCUT2D eigenvalue weighted by molar-refractivity contribution is 0.0174. The highest BCUT2D eigenvalue weighted by atomic mass is 16.3. The minimum Gasteiger partial charge on any atom is -0.393 e. The molecule has 0 heterocycles. The summed E-state index contributed by atoms with van der Waals surface area (Å²) in [6.45, 7) is 0. The van der Waals surface area contributed by atoms with Gasteiger partial charge < -0.3 is 5.11 Å². The molecule has 0 amide bonds. The van der Waals surface area contributed by atoms with Gasteiger partial charge in [0.15, 0.2) is 0 Å². The molecule has 0 aromatic rings. The molecule has 3 fully saturated rings. The monoisotopic (exact) mass is 194 g/mol. The van der Waals surface area contributed by atoms with Crippen LogP contribution in [0.2, 0.25) is 0 Å². The zero-order valence-corrected chi connectivity index (χ0v) is 8.99. The molecule has 3 saturated carbocycles. The van der Waals surface area contributed by atoms with Crippen LogP contribution < -0.4 is 0 Å². The van der Waals surface area contributed by atoms with Crippen molar-refractivity contribution in [3.05, 3.63) is 0 Å². The van der Waals surface area contributed by atoms with Crippen LogP contribution in [0, 0.1) is 23.7 Å². The fourth-order valence-electron chi connectivity index (χ4n) is 4.49. The Hall–Kier alpha value is -0.0400. The maximum atomic E-state index is 10.2. The zero-order chi connectivity index (χ0) is 9.54. The zero-order valence-electron chi connectivity index (χ0n) is 8.99. The molecule has 1 nitrogen and oxygen atoms in total. The molecule has 0 unspecified atom stereocenters. The SMILES string of the molecule is O[C@@H]1[C@H]2CC[C@H](C2)[C@@H]1C1CCCCC1. The second kappa shape index (κ2) is 3.52. The van der Waals surface area contributed by atoms with E-state index in [1.807, 2.05) is 0 Å². The molecule has 3 aliphatic rings. The first-order valence-electron chi connectivity index (χ1n) is 6.54. The van der Waals surface area contributed by atoms with Crippen molar-refractivity contribution < 1.29 is 5.11 Å². The molecule has 0 spiro atoms. The third-order valence-electron chi connectivity index (χ3n) is 5.13. The van der Waals surface area contributed by atoms with E-state index in [0.29, 0.717) is 11.8 Å². The molecule has 0 aromatic heterocycles. The summed E-state index contributed by atoms with van der Waals surface area (Å²) >= 11 is 0. The van der Waals surface area contributed by atoms with Crippen molar-refractivity contribution in [2.24, 2.45) is 23.7 Å². The Balaban J connectivity index is 1.71. The molecule has 80 valence electrons. The first-order chi connectivity index (χ1) is 6.86. The van der Waals surface area contributed by atoms with Crippen molar-refractivity contribution >= 4 is 0 Å². The number of hydrogen-bond donors (Lipinski definition) is 1. The number of aliphatic hydroxyl groups excluding tert-OH is 1. The molecular weight excluding hydrogens is 172 g/mol. The van der Waals surface area contributed by atoms with E-state index in [9.17, 15) is 5.11 Å². The van der Waals surface area contributed by atoms with Crippen molar-refractivity contribution in [1.82, 2.24) is 0 Å². The van der Waals surface area contributed by atoms with Gasteiger partial charge in [0.05, 0.1) is 6.10 Å². The Morgan fingerprint density at radius 1 is 0.714 bits per heavy atom. The predicted octanol–water partition coefficient (Wildman–Crippen LogP) is 2.97. The van der Waals surface area contributed by atoms with Gasteiger partial charge in [-0.15, -0.1) is 0 Å². The average molecular weight is 194 g/mol. The molecular formula is C13H22O. The topological polar surface area (TPSA) is 20.2 Å². The highest BCUT2D eigenvalue weighted by molar-refractivity contribution is 4.99. The quantitative estimate of drug-likeness (QED) is 0.680. The van der Waals surface area contributed by atoms with E-state index in [4.69, 9.17) is 0 Å². The molecule has 3 rings (SSSR count). The van der Waals surface area contributed by atoms with E-state index in [-0.39, 0.29) is 6.10 Å². The third-order valence-corrected chi connectivity index (χ3v) is 5.13. The summed E-state index contributed by atoms with van der Waals surface area (Å²) in [7, 11) is 0. The van der Waals surface area contributed by atoms with Gasteiger partial charge in [-0.1, -0.05) is 32.1 Å². The maximum absolute atomic E-state index is 10.2. The molecule has 0 saturated heterocycles. The summed E-state index contributed by atoms with van der Waals surface area (Å²) < 4.78 is 0. The minimum atomic E-state index is 0.0804. The Bertz CT molecular complexity index is 205. The van der Waals surface area contributed by atoms with Crippen LogP contribution in [-0.4, -0.2) is 11.2 Å². The van der Waals surface area contributed by atoms with Gasteiger partial charge in [-0.3, -0.25) is 0 Å². The first kappa shape index (κ1) is 9.21. The maximum Gasteiger partial charge on any atom is 0.0601 e. The third kappa shape index (κ3) is 1.32.